The molecule has 2 aromatic carbocycles. The maximum absolute atomic E-state index is 13.2. The first-order chi connectivity index (χ1) is 15.4. The summed E-state index contributed by atoms with van der Waals surface area (Å²) in [4.78, 5) is 27.8. The lowest BCUT2D eigenvalue weighted by atomic mass is 10.1. The van der Waals surface area contributed by atoms with Gasteiger partial charge in [0.1, 0.15) is 17.5 Å². The molecule has 1 saturated carbocycles. The number of amides is 2. The lowest BCUT2D eigenvalue weighted by molar-refractivity contribution is -0.142. The van der Waals surface area contributed by atoms with Gasteiger partial charge in [-0.25, -0.2) is 0 Å². The summed E-state index contributed by atoms with van der Waals surface area (Å²) in [6.45, 7) is 5.93. The average molecular weight is 439 g/mol. The monoisotopic (exact) mass is 438 g/mol. The number of carbonyl (C=O) groups excluding carboxylic acids is 2. The van der Waals surface area contributed by atoms with E-state index >= 15 is 0 Å². The van der Waals surface area contributed by atoms with Crippen LogP contribution in [0.15, 0.2) is 42.5 Å². The number of hydrogen-bond donors (Lipinski definition) is 1. The molecule has 0 aliphatic heterocycles. The Balaban J connectivity index is 1.75. The van der Waals surface area contributed by atoms with Gasteiger partial charge >= 0.3 is 0 Å². The lowest BCUT2D eigenvalue weighted by Gasteiger charge is -2.30. The van der Waals surface area contributed by atoms with E-state index in [9.17, 15) is 9.59 Å². The van der Waals surface area contributed by atoms with Crippen molar-refractivity contribution in [2.75, 3.05) is 13.7 Å². The molecule has 0 unspecified atom stereocenters. The zero-order valence-electron chi connectivity index (χ0n) is 19.5. The topological polar surface area (TPSA) is 67.9 Å². The highest BCUT2D eigenvalue weighted by Gasteiger charge is 2.29. The maximum atomic E-state index is 13.2. The normalized spacial score (nSPS) is 14.6. The van der Waals surface area contributed by atoms with E-state index in [1.165, 1.54) is 0 Å². The molecule has 1 aliphatic rings. The van der Waals surface area contributed by atoms with Crippen LogP contribution >= 0.6 is 0 Å². The number of aryl methyl sites for hydroxylation is 1. The summed E-state index contributed by atoms with van der Waals surface area (Å²) in [5.41, 5.74) is 3.00. The summed E-state index contributed by atoms with van der Waals surface area (Å²) in [6.07, 6.45) is 4.26. The molecule has 6 nitrogen and oxygen atoms in total. The third-order valence-electron chi connectivity index (χ3n) is 6.26. The fourth-order valence-corrected chi connectivity index (χ4v) is 4.05. The lowest BCUT2D eigenvalue weighted by Crippen LogP contribution is -2.50. The molecule has 0 saturated heterocycles. The van der Waals surface area contributed by atoms with Gasteiger partial charge in [0.2, 0.25) is 5.91 Å². The van der Waals surface area contributed by atoms with E-state index in [4.69, 9.17) is 9.47 Å². The van der Waals surface area contributed by atoms with E-state index in [0.29, 0.717) is 18.0 Å². The highest BCUT2D eigenvalue weighted by Crippen LogP contribution is 2.22. The molecule has 1 N–H and O–H groups in total. The number of methoxy groups -OCH3 is 1. The molecule has 3 rings (SSSR count). The minimum absolute atomic E-state index is 0.125. The molecule has 1 aliphatic carbocycles. The summed E-state index contributed by atoms with van der Waals surface area (Å²) < 4.78 is 11.2. The molecule has 32 heavy (non-hydrogen) atoms. The van der Waals surface area contributed by atoms with Crippen molar-refractivity contribution in [2.45, 2.75) is 65.1 Å². The van der Waals surface area contributed by atoms with Crippen LogP contribution in [0.2, 0.25) is 0 Å². The van der Waals surface area contributed by atoms with Crippen molar-refractivity contribution < 1.29 is 19.1 Å². The number of nitrogens with zero attached hydrogens (tertiary/aromatic N) is 1. The van der Waals surface area contributed by atoms with Gasteiger partial charge in [-0.1, -0.05) is 37.1 Å². The van der Waals surface area contributed by atoms with Crippen LogP contribution in [0.5, 0.6) is 11.5 Å². The van der Waals surface area contributed by atoms with Crippen molar-refractivity contribution in [1.29, 1.82) is 0 Å². The molecule has 0 aromatic heterocycles. The van der Waals surface area contributed by atoms with Gasteiger partial charge in [-0.05, 0) is 68.5 Å². The molecule has 1 atom stereocenters. The fraction of sp³-hybridized carbons (Fsp3) is 0.462. The van der Waals surface area contributed by atoms with Crippen LogP contribution in [0.1, 0.15) is 49.3 Å². The van der Waals surface area contributed by atoms with Crippen LogP contribution < -0.4 is 14.8 Å². The molecule has 172 valence electrons. The number of rotatable bonds is 9. The molecule has 1 fully saturated rings. The van der Waals surface area contributed by atoms with Gasteiger partial charge < -0.3 is 19.7 Å². The quantitative estimate of drug-likeness (QED) is 0.638. The van der Waals surface area contributed by atoms with Crippen molar-refractivity contribution in [3.63, 3.8) is 0 Å². The summed E-state index contributed by atoms with van der Waals surface area (Å²) in [5.74, 6) is 1.04. The van der Waals surface area contributed by atoms with E-state index in [1.54, 1.807) is 18.9 Å². The number of carbonyl (C=O) groups is 2. The zero-order chi connectivity index (χ0) is 23.1. The van der Waals surface area contributed by atoms with Crippen molar-refractivity contribution in [3.05, 3.63) is 59.2 Å². The first kappa shape index (κ1) is 23.6. The first-order valence-electron chi connectivity index (χ1n) is 11.3. The second-order valence-electron chi connectivity index (χ2n) is 8.53. The van der Waals surface area contributed by atoms with Crippen LogP contribution in [-0.2, 0) is 16.1 Å². The number of benzene rings is 2. The van der Waals surface area contributed by atoms with Gasteiger partial charge in [0, 0.05) is 12.6 Å². The Bertz CT molecular complexity index is 937. The Kier molecular flexibility index (Phi) is 8.14. The van der Waals surface area contributed by atoms with Crippen LogP contribution in [0, 0.1) is 13.8 Å². The second kappa shape index (κ2) is 11.0. The van der Waals surface area contributed by atoms with E-state index < -0.39 is 6.04 Å². The first-order valence-corrected chi connectivity index (χ1v) is 11.3. The molecule has 0 radical (unpaired) electrons. The Morgan fingerprint density at radius 2 is 1.84 bits per heavy atom. The van der Waals surface area contributed by atoms with Crippen LogP contribution in [0.3, 0.4) is 0 Å². The predicted octanol–water partition coefficient (Wildman–Crippen LogP) is 4.17. The molecule has 0 bridgehead atoms. The molecule has 0 heterocycles. The minimum Gasteiger partial charge on any atom is -0.497 e. The Morgan fingerprint density at radius 3 is 2.56 bits per heavy atom. The third kappa shape index (κ3) is 6.02. The Labute approximate surface area is 190 Å². The minimum atomic E-state index is -0.614. The van der Waals surface area contributed by atoms with Crippen molar-refractivity contribution in [1.82, 2.24) is 10.2 Å². The van der Waals surface area contributed by atoms with Gasteiger partial charge in [0.15, 0.2) is 6.61 Å². The van der Waals surface area contributed by atoms with Gasteiger partial charge in [0.25, 0.3) is 5.91 Å². The molecular weight excluding hydrogens is 404 g/mol. The summed E-state index contributed by atoms with van der Waals surface area (Å²) >= 11 is 0. The molecule has 2 aromatic rings. The standard InChI is InChI=1S/C26H34N2O4/c1-18-9-7-14-24(19(18)2)32-17-25(29)28(16-21-10-8-13-23(15-21)31-4)20(3)26(30)27-22-11-5-6-12-22/h7-10,13-15,20,22H,5-6,11-12,16-17H2,1-4H3,(H,27,30)/t20-/m1/s1. The van der Waals surface area contributed by atoms with Gasteiger partial charge in [-0.15, -0.1) is 0 Å². The largest absolute Gasteiger partial charge is 0.497 e. The molecular formula is C26H34N2O4. The average Bonchev–Trinajstić information content (AvgIpc) is 3.31. The summed E-state index contributed by atoms with van der Waals surface area (Å²) in [6, 6.07) is 12.9. The van der Waals surface area contributed by atoms with Crippen molar-refractivity contribution >= 4 is 11.8 Å². The van der Waals surface area contributed by atoms with Gasteiger partial charge in [-0.3, -0.25) is 9.59 Å². The van der Waals surface area contributed by atoms with E-state index in [-0.39, 0.29) is 24.5 Å². The predicted molar refractivity (Wildman–Crippen MR) is 125 cm³/mol. The zero-order valence-corrected chi connectivity index (χ0v) is 19.5. The summed E-state index contributed by atoms with van der Waals surface area (Å²) in [5, 5.41) is 3.11. The maximum Gasteiger partial charge on any atom is 0.261 e. The van der Waals surface area contributed by atoms with Crippen LogP contribution in [0.25, 0.3) is 0 Å². The molecule has 2 amide bonds. The summed E-state index contributed by atoms with van der Waals surface area (Å²) in [7, 11) is 1.61. The number of nitrogens with one attached hydrogen (secondary N) is 1. The fourth-order valence-electron chi connectivity index (χ4n) is 4.05. The van der Waals surface area contributed by atoms with Crippen molar-refractivity contribution in [3.8, 4) is 11.5 Å². The number of ether oxygens (including phenoxy) is 2. The van der Waals surface area contributed by atoms with E-state index in [1.807, 2.05) is 56.3 Å². The van der Waals surface area contributed by atoms with Crippen LogP contribution in [0.4, 0.5) is 0 Å². The van der Waals surface area contributed by atoms with Crippen LogP contribution in [-0.4, -0.2) is 42.5 Å². The van der Waals surface area contributed by atoms with E-state index in [0.717, 1.165) is 42.4 Å². The third-order valence-corrected chi connectivity index (χ3v) is 6.26. The van der Waals surface area contributed by atoms with Gasteiger partial charge in [-0.2, -0.15) is 0 Å². The molecule has 6 heteroatoms. The smallest absolute Gasteiger partial charge is 0.261 e. The van der Waals surface area contributed by atoms with Gasteiger partial charge in [0.05, 0.1) is 7.11 Å². The van der Waals surface area contributed by atoms with Crippen molar-refractivity contribution in [2.24, 2.45) is 0 Å². The van der Waals surface area contributed by atoms with E-state index in [2.05, 4.69) is 5.32 Å². The highest BCUT2D eigenvalue weighted by molar-refractivity contribution is 5.88. The highest BCUT2D eigenvalue weighted by atomic mass is 16.5. The molecule has 0 spiro atoms. The Hall–Kier alpha value is -3.02. The Morgan fingerprint density at radius 1 is 1.12 bits per heavy atom. The SMILES string of the molecule is COc1cccc(CN(C(=O)COc2cccc(C)c2C)[C@H](C)C(=O)NC2CCCC2)c1. The number of hydrogen-bond acceptors (Lipinski definition) is 4. The second-order valence-corrected chi connectivity index (χ2v) is 8.53.